The summed E-state index contributed by atoms with van der Waals surface area (Å²) in [4.78, 5) is 35.6. The van der Waals surface area contributed by atoms with Gasteiger partial charge in [0.15, 0.2) is 6.10 Å². The molecule has 8 heteroatoms. The van der Waals surface area contributed by atoms with Crippen molar-refractivity contribution in [3.05, 3.63) is 53.3 Å². The topological polar surface area (TPSA) is 93.7 Å². The number of amides is 2. The fraction of sp³-hybridized carbons (Fsp3) is 0.458. The molecule has 2 aliphatic rings. The van der Waals surface area contributed by atoms with Crippen LogP contribution in [0.2, 0.25) is 0 Å². The summed E-state index contributed by atoms with van der Waals surface area (Å²) >= 11 is 1.01. The van der Waals surface area contributed by atoms with E-state index in [4.69, 9.17) is 9.47 Å². The number of carbonyl (C=O) groups excluding carboxylic acids is 3. The first-order valence-corrected chi connectivity index (χ1v) is 11.6. The van der Waals surface area contributed by atoms with Gasteiger partial charge >= 0.3 is 5.97 Å². The van der Waals surface area contributed by atoms with Crippen molar-refractivity contribution in [2.45, 2.75) is 51.9 Å². The quantitative estimate of drug-likeness (QED) is 0.573. The third-order valence-corrected chi connectivity index (χ3v) is 6.18. The van der Waals surface area contributed by atoms with Crippen molar-refractivity contribution < 1.29 is 23.9 Å². The standard InChI is InChI=1S/C24H30N2O5S/c1-5-15-8-11-18(25-13-15)19(31-22(28)24(2,3)4)14-30-17-9-6-16(7-10-17)12-20-21(27)26-23(29)32-20/h6-11,19-20,25H,5,12-14H2,1-4H3,(H,26,27,29)/t19-,20?/m0/s1. The van der Waals surface area contributed by atoms with Crippen LogP contribution in [0.15, 0.2) is 47.7 Å². The molecule has 0 saturated carbocycles. The van der Waals surface area contributed by atoms with Gasteiger partial charge in [-0.15, -0.1) is 0 Å². The summed E-state index contributed by atoms with van der Waals surface area (Å²) in [6, 6.07) is 7.37. The lowest BCUT2D eigenvalue weighted by atomic mass is 9.97. The lowest BCUT2D eigenvalue weighted by Gasteiger charge is -2.27. The van der Waals surface area contributed by atoms with E-state index in [9.17, 15) is 14.4 Å². The minimum absolute atomic E-state index is 0.171. The predicted octanol–water partition coefficient (Wildman–Crippen LogP) is 3.74. The molecule has 2 N–H and O–H groups in total. The van der Waals surface area contributed by atoms with Gasteiger partial charge in [0.25, 0.3) is 5.24 Å². The molecule has 2 heterocycles. The van der Waals surface area contributed by atoms with E-state index in [1.54, 1.807) is 0 Å². The normalized spacial score (nSPS) is 19.4. The molecule has 0 aliphatic carbocycles. The van der Waals surface area contributed by atoms with E-state index in [1.807, 2.05) is 51.1 Å². The van der Waals surface area contributed by atoms with Crippen LogP contribution in [-0.2, 0) is 20.7 Å². The molecule has 1 unspecified atom stereocenters. The van der Waals surface area contributed by atoms with Crippen molar-refractivity contribution in [2.75, 3.05) is 13.2 Å². The number of rotatable bonds is 8. The number of ether oxygens (including phenoxy) is 2. The first-order chi connectivity index (χ1) is 15.2. The van der Waals surface area contributed by atoms with Crippen molar-refractivity contribution in [1.82, 2.24) is 10.6 Å². The van der Waals surface area contributed by atoms with Crippen molar-refractivity contribution >= 4 is 28.9 Å². The smallest absolute Gasteiger partial charge is 0.312 e. The number of carbonyl (C=O) groups is 3. The number of hydrogen-bond donors (Lipinski definition) is 2. The highest BCUT2D eigenvalue weighted by molar-refractivity contribution is 8.15. The number of esters is 1. The molecule has 1 aromatic carbocycles. The van der Waals surface area contributed by atoms with E-state index in [2.05, 4.69) is 23.6 Å². The van der Waals surface area contributed by atoms with Gasteiger partial charge in [0, 0.05) is 6.54 Å². The van der Waals surface area contributed by atoms with Gasteiger partial charge in [0.05, 0.1) is 16.4 Å². The first kappa shape index (κ1) is 23.9. The maximum atomic E-state index is 12.5. The second kappa shape index (κ2) is 10.3. The van der Waals surface area contributed by atoms with Crippen molar-refractivity contribution in [1.29, 1.82) is 0 Å². The second-order valence-electron chi connectivity index (χ2n) is 8.84. The molecular formula is C24H30N2O5S. The largest absolute Gasteiger partial charge is 0.489 e. The number of dihydropyridines is 1. The van der Waals surface area contributed by atoms with Gasteiger partial charge in [-0.2, -0.15) is 0 Å². The Labute approximate surface area is 193 Å². The zero-order valence-electron chi connectivity index (χ0n) is 18.9. The fourth-order valence-electron chi connectivity index (χ4n) is 3.13. The number of imide groups is 1. The molecule has 0 aromatic heterocycles. The molecule has 2 aliphatic heterocycles. The Morgan fingerprint density at radius 1 is 1.19 bits per heavy atom. The third-order valence-electron chi connectivity index (χ3n) is 5.19. The van der Waals surface area contributed by atoms with E-state index in [0.717, 1.165) is 36.0 Å². The summed E-state index contributed by atoms with van der Waals surface area (Å²) in [5, 5.41) is 4.93. The number of benzene rings is 1. The lowest BCUT2D eigenvalue weighted by Crippen LogP contribution is -2.38. The zero-order valence-corrected chi connectivity index (χ0v) is 19.7. The minimum atomic E-state index is -0.620. The predicted molar refractivity (Wildman–Crippen MR) is 124 cm³/mol. The molecule has 0 radical (unpaired) electrons. The van der Waals surface area contributed by atoms with Crippen molar-refractivity contribution in [3.63, 3.8) is 0 Å². The van der Waals surface area contributed by atoms with Crippen molar-refractivity contribution in [2.24, 2.45) is 5.41 Å². The molecule has 3 rings (SSSR count). The Bertz CT molecular complexity index is 931. The van der Waals surface area contributed by atoms with Crippen LogP contribution in [0, 0.1) is 5.41 Å². The minimum Gasteiger partial charge on any atom is -0.489 e. The molecule has 1 fully saturated rings. The number of nitrogens with one attached hydrogen (secondary N) is 2. The van der Waals surface area contributed by atoms with Crippen LogP contribution in [0.4, 0.5) is 4.79 Å². The van der Waals surface area contributed by atoms with Crippen LogP contribution in [0.1, 0.15) is 39.7 Å². The monoisotopic (exact) mass is 458 g/mol. The number of allylic oxidation sites excluding steroid dienone is 2. The maximum Gasteiger partial charge on any atom is 0.312 e. The maximum absolute atomic E-state index is 12.5. The van der Waals surface area contributed by atoms with E-state index in [1.165, 1.54) is 5.57 Å². The third kappa shape index (κ3) is 6.38. The van der Waals surface area contributed by atoms with Gasteiger partial charge < -0.3 is 14.8 Å². The van der Waals surface area contributed by atoms with E-state index >= 15 is 0 Å². The van der Waals surface area contributed by atoms with Crippen LogP contribution >= 0.6 is 11.8 Å². The summed E-state index contributed by atoms with van der Waals surface area (Å²) in [5.41, 5.74) is 2.41. The summed E-state index contributed by atoms with van der Waals surface area (Å²) in [6.45, 7) is 8.45. The van der Waals surface area contributed by atoms with Crippen LogP contribution in [-0.4, -0.2) is 41.6 Å². The van der Waals surface area contributed by atoms with Crippen LogP contribution in [0.25, 0.3) is 0 Å². The molecule has 0 spiro atoms. The van der Waals surface area contributed by atoms with Gasteiger partial charge in [-0.05, 0) is 57.4 Å². The molecule has 32 heavy (non-hydrogen) atoms. The molecule has 0 bridgehead atoms. The SMILES string of the molecule is CCC1=CC=C([C@H](COc2ccc(CC3SC(=O)NC3=O)cc2)OC(=O)C(C)(C)C)NC1. The Hall–Kier alpha value is -2.74. The fourth-order valence-corrected chi connectivity index (χ4v) is 3.99. The van der Waals surface area contributed by atoms with E-state index in [-0.39, 0.29) is 23.7 Å². The van der Waals surface area contributed by atoms with Crippen LogP contribution in [0.3, 0.4) is 0 Å². The van der Waals surface area contributed by atoms with Gasteiger partial charge in [-0.25, -0.2) is 0 Å². The summed E-state index contributed by atoms with van der Waals surface area (Å²) < 4.78 is 11.7. The molecule has 2 atom stereocenters. The van der Waals surface area contributed by atoms with Gasteiger partial charge in [0.1, 0.15) is 12.4 Å². The highest BCUT2D eigenvalue weighted by atomic mass is 32.2. The molecule has 7 nitrogen and oxygen atoms in total. The Balaban J connectivity index is 1.64. The zero-order chi connectivity index (χ0) is 23.3. The molecule has 1 aromatic rings. The molecule has 2 amide bonds. The van der Waals surface area contributed by atoms with Gasteiger partial charge in [0.2, 0.25) is 5.91 Å². The highest BCUT2D eigenvalue weighted by Crippen LogP contribution is 2.25. The molecular weight excluding hydrogens is 428 g/mol. The molecule has 172 valence electrons. The number of thioether (sulfide) groups is 1. The number of hydrogen-bond acceptors (Lipinski definition) is 7. The van der Waals surface area contributed by atoms with Crippen LogP contribution < -0.4 is 15.4 Å². The average molecular weight is 459 g/mol. The second-order valence-corrected chi connectivity index (χ2v) is 10.0. The first-order valence-electron chi connectivity index (χ1n) is 10.7. The Kier molecular flexibility index (Phi) is 7.66. The lowest BCUT2D eigenvalue weighted by molar-refractivity contribution is -0.158. The summed E-state index contributed by atoms with van der Waals surface area (Å²) in [5.74, 6) is 0.0834. The van der Waals surface area contributed by atoms with Crippen LogP contribution in [0.5, 0.6) is 5.75 Å². The van der Waals surface area contributed by atoms with Gasteiger partial charge in [-0.1, -0.05) is 42.5 Å². The highest BCUT2D eigenvalue weighted by Gasteiger charge is 2.31. The van der Waals surface area contributed by atoms with Crippen molar-refractivity contribution in [3.8, 4) is 5.75 Å². The average Bonchev–Trinajstić information content (AvgIpc) is 3.08. The Morgan fingerprint density at radius 2 is 1.91 bits per heavy atom. The summed E-state index contributed by atoms with van der Waals surface area (Å²) in [7, 11) is 0. The Morgan fingerprint density at radius 3 is 2.44 bits per heavy atom. The van der Waals surface area contributed by atoms with E-state index in [0.29, 0.717) is 12.2 Å². The van der Waals surface area contributed by atoms with Gasteiger partial charge in [-0.3, -0.25) is 19.7 Å². The summed E-state index contributed by atoms with van der Waals surface area (Å²) in [6.07, 6.45) is 4.88. The molecule has 1 saturated heterocycles. The van der Waals surface area contributed by atoms with E-state index < -0.39 is 16.8 Å².